The van der Waals surface area contributed by atoms with Gasteiger partial charge < -0.3 is 19.3 Å². The summed E-state index contributed by atoms with van der Waals surface area (Å²) >= 11 is 0. The van der Waals surface area contributed by atoms with Crippen LogP contribution in [0.2, 0.25) is 0 Å². The normalized spacial score (nSPS) is 17.0. The number of rotatable bonds is 4. The number of carbonyl (C=O) groups excluding carboxylic acids is 1. The van der Waals surface area contributed by atoms with Crippen LogP contribution in [-0.2, 0) is 19.5 Å². The average molecular weight is 460 g/mol. The van der Waals surface area contributed by atoms with Crippen LogP contribution < -0.4 is 4.90 Å². The molecule has 0 aliphatic carbocycles. The molecule has 5 rings (SSSR count). The molecule has 0 bridgehead atoms. The fraction of sp³-hybridized carbons (Fsp3) is 0.500. The van der Waals surface area contributed by atoms with Crippen molar-refractivity contribution in [3.05, 3.63) is 58.4 Å². The number of anilines is 1. The molecule has 180 valence electrons. The van der Waals surface area contributed by atoms with E-state index in [2.05, 4.69) is 79.4 Å². The van der Waals surface area contributed by atoms with Crippen molar-refractivity contribution < 1.29 is 4.79 Å². The van der Waals surface area contributed by atoms with Gasteiger partial charge in [-0.1, -0.05) is 38.1 Å². The number of aromatic nitrogens is 2. The Kier molecular flexibility index (Phi) is 6.11. The van der Waals surface area contributed by atoms with Crippen LogP contribution in [-0.4, -0.2) is 65.0 Å². The molecule has 2 aliphatic heterocycles. The van der Waals surface area contributed by atoms with E-state index < -0.39 is 0 Å². The number of likely N-dealkylation sites (N-methyl/N-ethyl adjacent to an activating group) is 1. The zero-order chi connectivity index (χ0) is 24.0. The van der Waals surface area contributed by atoms with Crippen LogP contribution in [0, 0.1) is 19.8 Å². The van der Waals surface area contributed by atoms with E-state index in [1.807, 2.05) is 4.90 Å². The monoisotopic (exact) mass is 459 g/mol. The number of benzene rings is 1. The number of fused-ring (bicyclic) bond motifs is 2. The fourth-order valence-corrected chi connectivity index (χ4v) is 5.41. The molecule has 4 heterocycles. The number of piperazine rings is 1. The highest BCUT2D eigenvalue weighted by atomic mass is 16.2. The summed E-state index contributed by atoms with van der Waals surface area (Å²) in [6, 6.07) is 10.8. The number of aryl methyl sites for hydroxylation is 1. The SMILES string of the molecule is Cc1c(C)n(CC(C)C)c2c(N3CCc4ccccc4C3)nc(C(=O)N3CCN(C)CC3)cc12. The molecular formula is C28H37N5O. The summed E-state index contributed by atoms with van der Waals surface area (Å²) in [5, 5.41) is 1.17. The summed E-state index contributed by atoms with van der Waals surface area (Å²) in [5.41, 5.74) is 7.06. The molecule has 2 aromatic heterocycles. The van der Waals surface area contributed by atoms with Gasteiger partial charge in [0.1, 0.15) is 5.69 Å². The van der Waals surface area contributed by atoms with Crippen LogP contribution in [0.25, 0.3) is 10.9 Å². The first-order valence-corrected chi connectivity index (χ1v) is 12.6. The second-order valence-electron chi connectivity index (χ2n) is 10.5. The lowest BCUT2D eigenvalue weighted by Crippen LogP contribution is -2.47. The minimum atomic E-state index is 0.0577. The summed E-state index contributed by atoms with van der Waals surface area (Å²) in [4.78, 5) is 25.3. The number of amides is 1. The third kappa shape index (κ3) is 4.09. The highest BCUT2D eigenvalue weighted by molar-refractivity contribution is 6.01. The summed E-state index contributed by atoms with van der Waals surface area (Å²) in [6.45, 7) is 14.9. The van der Waals surface area contributed by atoms with Crippen molar-refractivity contribution in [1.29, 1.82) is 0 Å². The summed E-state index contributed by atoms with van der Waals surface area (Å²) < 4.78 is 2.43. The molecule has 0 N–H and O–H groups in total. The second kappa shape index (κ2) is 9.06. The first kappa shape index (κ1) is 22.9. The third-order valence-corrected chi connectivity index (χ3v) is 7.58. The van der Waals surface area contributed by atoms with Gasteiger partial charge in [0.25, 0.3) is 5.91 Å². The molecule has 1 amide bonds. The van der Waals surface area contributed by atoms with E-state index >= 15 is 0 Å². The Balaban J connectivity index is 1.63. The topological polar surface area (TPSA) is 44.6 Å². The Morgan fingerprint density at radius 1 is 1.03 bits per heavy atom. The summed E-state index contributed by atoms with van der Waals surface area (Å²) in [7, 11) is 2.11. The Hall–Kier alpha value is -2.86. The molecule has 2 aliphatic rings. The van der Waals surface area contributed by atoms with Crippen molar-refractivity contribution in [2.45, 2.75) is 47.2 Å². The summed E-state index contributed by atoms with van der Waals surface area (Å²) in [6.07, 6.45) is 0.999. The predicted octanol–water partition coefficient (Wildman–Crippen LogP) is 4.26. The summed E-state index contributed by atoms with van der Waals surface area (Å²) in [5.74, 6) is 1.54. The smallest absolute Gasteiger partial charge is 0.272 e. The molecule has 34 heavy (non-hydrogen) atoms. The Morgan fingerprint density at radius 3 is 2.44 bits per heavy atom. The van der Waals surface area contributed by atoms with Crippen LogP contribution >= 0.6 is 0 Å². The largest absolute Gasteiger partial charge is 0.350 e. The molecule has 1 saturated heterocycles. The highest BCUT2D eigenvalue weighted by Crippen LogP contribution is 2.35. The van der Waals surface area contributed by atoms with E-state index in [-0.39, 0.29) is 5.91 Å². The Bertz CT molecular complexity index is 1220. The van der Waals surface area contributed by atoms with Gasteiger partial charge in [-0.3, -0.25) is 4.79 Å². The van der Waals surface area contributed by atoms with Crippen molar-refractivity contribution in [1.82, 2.24) is 19.4 Å². The van der Waals surface area contributed by atoms with E-state index in [0.29, 0.717) is 11.6 Å². The molecule has 0 unspecified atom stereocenters. The molecular weight excluding hydrogens is 422 g/mol. The van der Waals surface area contributed by atoms with Crippen LogP contribution in [0.15, 0.2) is 30.3 Å². The number of pyridine rings is 1. The van der Waals surface area contributed by atoms with Gasteiger partial charge in [0.2, 0.25) is 0 Å². The lowest BCUT2D eigenvalue weighted by molar-refractivity contribution is 0.0658. The van der Waals surface area contributed by atoms with E-state index in [1.165, 1.54) is 33.3 Å². The molecule has 0 radical (unpaired) electrons. The molecule has 6 nitrogen and oxygen atoms in total. The maximum absolute atomic E-state index is 13.6. The first-order valence-electron chi connectivity index (χ1n) is 12.6. The second-order valence-corrected chi connectivity index (χ2v) is 10.5. The number of hydrogen-bond acceptors (Lipinski definition) is 4. The molecule has 0 atom stereocenters. The van der Waals surface area contributed by atoms with Crippen molar-refractivity contribution in [3.8, 4) is 0 Å². The van der Waals surface area contributed by atoms with Gasteiger partial charge in [-0.05, 0) is 56.0 Å². The van der Waals surface area contributed by atoms with Crippen molar-refractivity contribution in [3.63, 3.8) is 0 Å². The third-order valence-electron chi connectivity index (χ3n) is 7.58. The van der Waals surface area contributed by atoms with Gasteiger partial charge in [-0.15, -0.1) is 0 Å². The van der Waals surface area contributed by atoms with E-state index in [0.717, 1.165) is 58.1 Å². The molecule has 0 spiro atoms. The fourth-order valence-electron chi connectivity index (χ4n) is 5.41. The maximum atomic E-state index is 13.6. The van der Waals surface area contributed by atoms with Crippen LogP contribution in [0.5, 0.6) is 0 Å². The maximum Gasteiger partial charge on any atom is 0.272 e. The van der Waals surface area contributed by atoms with Gasteiger partial charge in [0.15, 0.2) is 5.82 Å². The average Bonchev–Trinajstić information content (AvgIpc) is 3.07. The zero-order valence-electron chi connectivity index (χ0n) is 21.3. The number of carbonyl (C=O) groups is 1. The lowest BCUT2D eigenvalue weighted by atomic mass is 9.99. The van der Waals surface area contributed by atoms with E-state index in [1.54, 1.807) is 0 Å². The van der Waals surface area contributed by atoms with E-state index in [9.17, 15) is 4.79 Å². The molecule has 3 aromatic rings. The first-order chi connectivity index (χ1) is 16.3. The van der Waals surface area contributed by atoms with Gasteiger partial charge in [0.05, 0.1) is 5.52 Å². The lowest BCUT2D eigenvalue weighted by Gasteiger charge is -2.33. The van der Waals surface area contributed by atoms with Crippen molar-refractivity contribution in [2.75, 3.05) is 44.7 Å². The van der Waals surface area contributed by atoms with Crippen LogP contribution in [0.4, 0.5) is 5.82 Å². The number of nitrogens with zero attached hydrogens (tertiary/aromatic N) is 5. The van der Waals surface area contributed by atoms with Crippen LogP contribution in [0.3, 0.4) is 0 Å². The minimum Gasteiger partial charge on any atom is -0.350 e. The van der Waals surface area contributed by atoms with Gasteiger partial charge in [-0.2, -0.15) is 0 Å². The highest BCUT2D eigenvalue weighted by Gasteiger charge is 2.28. The van der Waals surface area contributed by atoms with Crippen molar-refractivity contribution >= 4 is 22.6 Å². The van der Waals surface area contributed by atoms with Gasteiger partial charge in [-0.25, -0.2) is 4.98 Å². The molecule has 1 fully saturated rings. The molecule has 1 aromatic carbocycles. The van der Waals surface area contributed by atoms with Gasteiger partial charge in [0, 0.05) is 56.9 Å². The minimum absolute atomic E-state index is 0.0577. The molecule has 6 heteroatoms. The van der Waals surface area contributed by atoms with Gasteiger partial charge >= 0.3 is 0 Å². The number of hydrogen-bond donors (Lipinski definition) is 0. The Morgan fingerprint density at radius 2 is 1.74 bits per heavy atom. The Labute approximate surface area is 203 Å². The standard InChI is InChI=1S/C28H37N5O/c1-19(2)17-33-21(4)20(3)24-16-25(28(34)31-14-12-30(5)13-15-31)29-27(26(24)33)32-11-10-22-8-6-7-9-23(22)18-32/h6-9,16,19H,10-15,17-18H2,1-5H3. The van der Waals surface area contributed by atoms with Crippen LogP contribution in [0.1, 0.15) is 46.7 Å². The molecule has 0 saturated carbocycles. The zero-order valence-corrected chi connectivity index (χ0v) is 21.3. The van der Waals surface area contributed by atoms with Crippen molar-refractivity contribution in [2.24, 2.45) is 5.92 Å². The van der Waals surface area contributed by atoms with E-state index in [4.69, 9.17) is 4.98 Å². The predicted molar refractivity (Wildman–Crippen MR) is 139 cm³/mol. The quantitative estimate of drug-likeness (QED) is 0.585.